The lowest BCUT2D eigenvalue weighted by Crippen LogP contribution is -2.21. The van der Waals surface area contributed by atoms with Crippen molar-refractivity contribution < 1.29 is 0 Å². The number of benzene rings is 2. The molecule has 0 saturated carbocycles. The van der Waals surface area contributed by atoms with E-state index in [2.05, 4.69) is 84.0 Å². The highest BCUT2D eigenvalue weighted by molar-refractivity contribution is 6.30. The Balaban J connectivity index is 0.000000163. The van der Waals surface area contributed by atoms with E-state index in [4.69, 9.17) is 21.6 Å². The molecule has 0 N–H and O–H groups in total. The summed E-state index contributed by atoms with van der Waals surface area (Å²) in [4.78, 5) is 30.6. The van der Waals surface area contributed by atoms with Crippen LogP contribution < -0.4 is 4.90 Å². The predicted molar refractivity (Wildman–Crippen MR) is 216 cm³/mol. The van der Waals surface area contributed by atoms with E-state index in [-0.39, 0.29) is 7.43 Å². The van der Waals surface area contributed by atoms with Gasteiger partial charge in [0.25, 0.3) is 0 Å². The van der Waals surface area contributed by atoms with Gasteiger partial charge in [-0.3, -0.25) is 8.80 Å². The van der Waals surface area contributed by atoms with Crippen molar-refractivity contribution in [3.8, 4) is 0 Å². The zero-order valence-corrected chi connectivity index (χ0v) is 30.9. The van der Waals surface area contributed by atoms with Gasteiger partial charge in [-0.1, -0.05) is 67.6 Å². The number of hydrogen-bond donors (Lipinski definition) is 0. The molecule has 1 saturated heterocycles. The molecule has 0 spiro atoms. The number of nitrogens with zero attached hydrogens (tertiary/aromatic N) is 9. The van der Waals surface area contributed by atoms with E-state index >= 15 is 0 Å². The zero-order valence-electron chi connectivity index (χ0n) is 30.1. The molecule has 53 heavy (non-hydrogen) atoms. The van der Waals surface area contributed by atoms with E-state index in [9.17, 15) is 0 Å². The van der Waals surface area contributed by atoms with Crippen LogP contribution in [0.25, 0.3) is 32.8 Å². The van der Waals surface area contributed by atoms with Crippen molar-refractivity contribution in [2.45, 2.75) is 73.6 Å². The topological polar surface area (TPSA) is 89.4 Å². The number of halogens is 1. The first kappa shape index (κ1) is 36.0. The van der Waals surface area contributed by atoms with Gasteiger partial charge in [0, 0.05) is 78.3 Å². The van der Waals surface area contributed by atoms with Crippen LogP contribution >= 0.6 is 11.6 Å². The lowest BCUT2D eigenvalue weighted by molar-refractivity contribution is 0.812. The van der Waals surface area contributed by atoms with Gasteiger partial charge < -0.3 is 4.90 Å². The van der Waals surface area contributed by atoms with E-state index in [0.717, 1.165) is 107 Å². The molecular weight excluding hydrogens is 678 g/mol. The Kier molecular flexibility index (Phi) is 10.4. The highest BCUT2D eigenvalue weighted by Gasteiger charge is 2.22. The van der Waals surface area contributed by atoms with Crippen LogP contribution in [-0.4, -0.2) is 51.8 Å². The zero-order chi connectivity index (χ0) is 35.8. The van der Waals surface area contributed by atoms with E-state index in [1.807, 2.05) is 62.6 Å². The van der Waals surface area contributed by atoms with Gasteiger partial charge in [-0.25, -0.2) is 29.9 Å². The van der Waals surface area contributed by atoms with E-state index in [0.29, 0.717) is 5.15 Å². The first-order valence-corrected chi connectivity index (χ1v) is 18.5. The first-order chi connectivity index (χ1) is 25.3. The molecule has 6 aromatic heterocycles. The predicted octanol–water partition coefficient (Wildman–Crippen LogP) is 9.25. The number of anilines is 1. The quantitative estimate of drug-likeness (QED) is 0.162. The Labute approximate surface area is 315 Å². The Morgan fingerprint density at radius 2 is 1.00 bits per heavy atom. The van der Waals surface area contributed by atoms with E-state index < -0.39 is 0 Å². The maximum absolute atomic E-state index is 6.55. The maximum atomic E-state index is 6.55. The van der Waals surface area contributed by atoms with Crippen molar-refractivity contribution in [1.29, 1.82) is 0 Å². The molecule has 2 aromatic carbocycles. The summed E-state index contributed by atoms with van der Waals surface area (Å²) < 4.78 is 4.23. The van der Waals surface area contributed by atoms with Crippen molar-refractivity contribution in [1.82, 2.24) is 38.7 Å². The second-order valence-electron chi connectivity index (χ2n) is 13.8. The second-order valence-corrected chi connectivity index (χ2v) is 14.1. The van der Waals surface area contributed by atoms with Crippen LogP contribution in [0.5, 0.6) is 0 Å². The summed E-state index contributed by atoms with van der Waals surface area (Å²) in [5.74, 6) is 3.00. The molecule has 7 heterocycles. The molecular formula is C43H46ClN9. The highest BCUT2D eigenvalue weighted by Crippen LogP contribution is 2.31. The molecule has 0 aliphatic carbocycles. The molecule has 8 aromatic rings. The smallest absolute Gasteiger partial charge is 0.146 e. The summed E-state index contributed by atoms with van der Waals surface area (Å²) in [5, 5.41) is 5.38. The monoisotopic (exact) mass is 723 g/mol. The summed E-state index contributed by atoms with van der Waals surface area (Å²) >= 11 is 6.55. The molecule has 10 heteroatoms. The molecule has 0 radical (unpaired) electrons. The first-order valence-electron chi connectivity index (χ1n) is 18.1. The molecule has 1 fully saturated rings. The van der Waals surface area contributed by atoms with Crippen molar-refractivity contribution >= 4 is 50.3 Å². The fraction of sp³-hybridized carbons (Fsp3) is 0.302. The van der Waals surface area contributed by atoms with Crippen LogP contribution in [-0.2, 0) is 25.7 Å². The average molecular weight is 724 g/mol. The Morgan fingerprint density at radius 3 is 1.55 bits per heavy atom. The fourth-order valence-electron chi connectivity index (χ4n) is 7.46. The van der Waals surface area contributed by atoms with Gasteiger partial charge in [0.05, 0.1) is 11.4 Å². The average Bonchev–Trinajstić information content (AvgIpc) is 3.87. The van der Waals surface area contributed by atoms with Crippen LogP contribution in [0, 0.1) is 27.7 Å². The lowest BCUT2D eigenvalue weighted by Gasteiger charge is -2.19. The summed E-state index contributed by atoms with van der Waals surface area (Å²) in [7, 11) is 0. The van der Waals surface area contributed by atoms with Crippen molar-refractivity contribution in [2.75, 3.05) is 18.0 Å². The third-order valence-electron chi connectivity index (χ3n) is 9.72. The SMILES string of the molecule is C.Cc1cc(C)nc(CCc2nc3c4ccccc4ccn3c2Cl)n1.Cc1cc(C)nc(CCc2nc3c4ccccc4ccn3c2N2CCCC2)n1. The third-order valence-corrected chi connectivity index (χ3v) is 10.1. The number of fused-ring (bicyclic) bond motifs is 6. The van der Waals surface area contributed by atoms with Crippen LogP contribution in [0.1, 0.15) is 66.1 Å². The Morgan fingerprint density at radius 1 is 0.547 bits per heavy atom. The minimum absolute atomic E-state index is 0. The van der Waals surface area contributed by atoms with Crippen LogP contribution in [0.4, 0.5) is 5.82 Å². The van der Waals surface area contributed by atoms with E-state index in [1.165, 1.54) is 29.4 Å². The molecule has 9 nitrogen and oxygen atoms in total. The van der Waals surface area contributed by atoms with Gasteiger partial charge in [-0.05, 0) is 82.0 Å². The van der Waals surface area contributed by atoms with Gasteiger partial charge >= 0.3 is 0 Å². The van der Waals surface area contributed by atoms with Gasteiger partial charge in [0.2, 0.25) is 0 Å². The molecule has 0 atom stereocenters. The number of imidazole rings is 2. The molecule has 0 amide bonds. The minimum Gasteiger partial charge on any atom is -0.356 e. The summed E-state index contributed by atoms with van der Waals surface area (Å²) in [5.41, 5.74) is 8.03. The third kappa shape index (κ3) is 7.44. The number of pyridine rings is 2. The van der Waals surface area contributed by atoms with Crippen LogP contribution in [0.15, 0.2) is 85.2 Å². The largest absolute Gasteiger partial charge is 0.356 e. The number of aryl methyl sites for hydroxylation is 8. The summed E-state index contributed by atoms with van der Waals surface area (Å²) in [6.45, 7) is 10.3. The van der Waals surface area contributed by atoms with Crippen molar-refractivity contribution in [3.05, 3.63) is 136 Å². The normalized spacial score (nSPS) is 12.8. The van der Waals surface area contributed by atoms with Gasteiger partial charge in [0.1, 0.15) is 33.9 Å². The Hall–Kier alpha value is -5.41. The van der Waals surface area contributed by atoms with Gasteiger partial charge in [-0.2, -0.15) is 0 Å². The molecule has 9 rings (SSSR count). The van der Waals surface area contributed by atoms with Gasteiger partial charge in [-0.15, -0.1) is 0 Å². The molecule has 1 aliphatic rings. The summed E-state index contributed by atoms with van der Waals surface area (Å²) in [6.07, 6.45) is 9.76. The highest BCUT2D eigenvalue weighted by atomic mass is 35.5. The fourth-order valence-corrected chi connectivity index (χ4v) is 7.74. The van der Waals surface area contributed by atoms with Crippen LogP contribution in [0.3, 0.4) is 0 Å². The number of aromatic nitrogens is 8. The van der Waals surface area contributed by atoms with E-state index in [1.54, 1.807) is 0 Å². The van der Waals surface area contributed by atoms with Crippen molar-refractivity contribution in [3.63, 3.8) is 0 Å². The Bertz CT molecular complexity index is 2520. The van der Waals surface area contributed by atoms with Crippen molar-refractivity contribution in [2.24, 2.45) is 0 Å². The molecule has 0 bridgehead atoms. The molecule has 270 valence electrons. The standard InChI is InChI=1S/C23H25N5.C19H17ClN4.CH4/c1-16-15-17(2)25-21(24-16)10-9-20-23(27-12-5-6-13-27)28-14-11-18-7-3-4-8-19(18)22(28)26-20;1-12-11-13(2)22-17(21-12)8-7-16-18(20)24-10-9-14-5-3-4-6-15(14)19(24)23-16;/h3-4,7-8,11,14-15H,5-6,9-10,12-13H2,1-2H3;3-6,9-11H,7-8H2,1-2H3;1H4. The molecule has 1 aliphatic heterocycles. The minimum atomic E-state index is 0. The summed E-state index contributed by atoms with van der Waals surface area (Å²) in [6, 6.07) is 25.0. The van der Waals surface area contributed by atoms with Crippen LogP contribution in [0.2, 0.25) is 5.15 Å². The second kappa shape index (κ2) is 15.3. The number of rotatable bonds is 7. The lowest BCUT2D eigenvalue weighted by atomic mass is 10.2. The number of hydrogen-bond acceptors (Lipinski definition) is 7. The molecule has 0 unspecified atom stereocenters. The maximum Gasteiger partial charge on any atom is 0.146 e. The van der Waals surface area contributed by atoms with Gasteiger partial charge in [0.15, 0.2) is 0 Å².